The molecule has 1 aliphatic heterocycles. The molecule has 0 spiro atoms. The lowest BCUT2D eigenvalue weighted by Gasteiger charge is -2.32. The number of H-pyrrole nitrogens is 1. The van der Waals surface area contributed by atoms with Gasteiger partial charge >= 0.3 is 5.69 Å². The van der Waals surface area contributed by atoms with Crippen molar-refractivity contribution in [1.82, 2.24) is 29.1 Å². The van der Waals surface area contributed by atoms with Crippen molar-refractivity contribution < 1.29 is 14.6 Å². The highest BCUT2D eigenvalue weighted by atomic mass is 79.9. The Labute approximate surface area is 290 Å². The standard InChI is InChI=1S/C33H45BrN8O4Si2/c1-47(2,3)15-13-45-21-40(22-46-14-16-48(4,5)6)32-28(34)30(39-11-12-41-27(20-39)31(43)38-33(41)44)37-29-25(19-36-42(29)32)24-17-23-9-7-8-10-26(23)35-18-24/h7-10,17-19,43H,11-16,20-22H2,1-6H3,(H,38,44). The van der Waals surface area contributed by atoms with Gasteiger partial charge in [0.2, 0.25) is 5.88 Å². The molecule has 0 bridgehead atoms. The maximum Gasteiger partial charge on any atom is 0.328 e. The van der Waals surface area contributed by atoms with Crippen LogP contribution in [0.4, 0.5) is 11.6 Å². The van der Waals surface area contributed by atoms with E-state index >= 15 is 0 Å². The number of pyridine rings is 1. The molecule has 0 atom stereocenters. The summed E-state index contributed by atoms with van der Waals surface area (Å²) in [7, 11) is -2.60. The number of anilines is 2. The fourth-order valence-corrected chi connectivity index (χ4v) is 7.94. The van der Waals surface area contributed by atoms with E-state index in [-0.39, 0.29) is 11.6 Å². The first-order valence-corrected chi connectivity index (χ1v) is 24.6. The summed E-state index contributed by atoms with van der Waals surface area (Å²) in [6, 6.07) is 12.2. The topological polar surface area (TPSA) is 126 Å². The summed E-state index contributed by atoms with van der Waals surface area (Å²) < 4.78 is 16.8. The average Bonchev–Trinajstić information content (AvgIpc) is 3.58. The van der Waals surface area contributed by atoms with Crippen molar-refractivity contribution in [2.24, 2.45) is 0 Å². The maximum atomic E-state index is 12.4. The minimum atomic E-state index is -1.30. The molecular formula is C33H45BrN8O4Si2. The van der Waals surface area contributed by atoms with Crippen LogP contribution in [-0.4, -0.2) is 83.6 Å². The summed E-state index contributed by atoms with van der Waals surface area (Å²) in [4.78, 5) is 29.0. The molecule has 1 aromatic carbocycles. The molecule has 2 N–H and O–H groups in total. The van der Waals surface area contributed by atoms with E-state index in [0.29, 0.717) is 63.5 Å². The van der Waals surface area contributed by atoms with E-state index in [4.69, 9.17) is 24.5 Å². The Kier molecular flexibility index (Phi) is 9.86. The number of fused-ring (bicyclic) bond motifs is 3. The lowest BCUT2D eigenvalue weighted by molar-refractivity contribution is 0.0941. The number of ether oxygens (including phenoxy) is 2. The maximum absolute atomic E-state index is 12.4. The summed E-state index contributed by atoms with van der Waals surface area (Å²) in [5.41, 5.74) is 3.50. The van der Waals surface area contributed by atoms with E-state index < -0.39 is 16.1 Å². The molecule has 0 amide bonds. The first-order chi connectivity index (χ1) is 22.8. The van der Waals surface area contributed by atoms with E-state index in [2.05, 4.69) is 76.1 Å². The number of nitrogens with one attached hydrogen (secondary N) is 1. The quantitative estimate of drug-likeness (QED) is 0.0804. The molecule has 5 heterocycles. The van der Waals surface area contributed by atoms with Gasteiger partial charge in [0.15, 0.2) is 11.5 Å². The van der Waals surface area contributed by atoms with E-state index in [0.717, 1.165) is 44.4 Å². The summed E-state index contributed by atoms with van der Waals surface area (Å²) >= 11 is 3.93. The Morgan fingerprint density at radius 3 is 2.38 bits per heavy atom. The predicted octanol–water partition coefficient (Wildman–Crippen LogP) is 6.35. The fourth-order valence-electron chi connectivity index (χ4n) is 5.67. The molecule has 1 aliphatic rings. The fraction of sp³-hybridized carbons (Fsp3) is 0.455. The summed E-state index contributed by atoms with van der Waals surface area (Å²) in [6.45, 7) is 17.2. The highest BCUT2D eigenvalue weighted by Gasteiger charge is 2.29. The molecule has 256 valence electrons. The zero-order chi connectivity index (χ0) is 34.2. The number of rotatable bonds is 13. The van der Waals surface area contributed by atoms with Crippen LogP contribution in [0.3, 0.4) is 0 Å². The van der Waals surface area contributed by atoms with E-state index in [1.54, 1.807) is 4.57 Å². The molecule has 0 fully saturated rings. The number of nitrogens with zero attached hydrogens (tertiary/aromatic N) is 7. The summed E-state index contributed by atoms with van der Waals surface area (Å²) in [5, 5.41) is 16.4. The van der Waals surface area contributed by atoms with Gasteiger partial charge in [0, 0.05) is 65.2 Å². The highest BCUT2D eigenvalue weighted by molar-refractivity contribution is 9.10. The lowest BCUT2D eigenvalue weighted by Crippen LogP contribution is -2.38. The molecule has 0 radical (unpaired) electrons. The Morgan fingerprint density at radius 1 is 1.00 bits per heavy atom. The second-order valence-electron chi connectivity index (χ2n) is 14.8. The van der Waals surface area contributed by atoms with Gasteiger partial charge in [-0.2, -0.15) is 9.61 Å². The number of aromatic nitrogens is 6. The first-order valence-electron chi connectivity index (χ1n) is 16.4. The number of halogens is 1. The van der Waals surface area contributed by atoms with Crippen molar-refractivity contribution in [3.05, 3.63) is 63.4 Å². The van der Waals surface area contributed by atoms with Gasteiger partial charge in [-0.25, -0.2) is 9.78 Å². The van der Waals surface area contributed by atoms with Crippen LogP contribution >= 0.6 is 15.9 Å². The molecule has 4 aromatic heterocycles. The van der Waals surface area contributed by atoms with Crippen LogP contribution in [0, 0.1) is 0 Å². The monoisotopic (exact) mass is 752 g/mol. The normalized spacial score (nSPS) is 13.9. The third-order valence-electron chi connectivity index (χ3n) is 8.54. The van der Waals surface area contributed by atoms with Gasteiger partial charge in [0.1, 0.15) is 29.4 Å². The van der Waals surface area contributed by atoms with Crippen molar-refractivity contribution >= 4 is 60.3 Å². The molecule has 0 saturated heterocycles. The molecule has 15 heteroatoms. The van der Waals surface area contributed by atoms with Gasteiger partial charge in [-0.15, -0.1) is 0 Å². The molecule has 12 nitrogen and oxygen atoms in total. The van der Waals surface area contributed by atoms with E-state index in [9.17, 15) is 9.90 Å². The van der Waals surface area contributed by atoms with Gasteiger partial charge in [0.05, 0.1) is 18.3 Å². The Morgan fingerprint density at radius 2 is 1.69 bits per heavy atom. The largest absolute Gasteiger partial charge is 0.493 e. The van der Waals surface area contributed by atoms with Crippen molar-refractivity contribution in [2.75, 3.05) is 43.0 Å². The van der Waals surface area contributed by atoms with Crippen LogP contribution in [-0.2, 0) is 22.6 Å². The summed E-state index contributed by atoms with van der Waals surface area (Å²) in [5.74, 6) is 1.29. The second-order valence-corrected chi connectivity index (χ2v) is 26.9. The average molecular weight is 754 g/mol. The third-order valence-corrected chi connectivity index (χ3v) is 12.7. The number of hydrogen-bond acceptors (Lipinski definition) is 9. The number of imidazole rings is 1. The van der Waals surface area contributed by atoms with E-state index in [1.165, 1.54) is 0 Å². The van der Waals surface area contributed by atoms with Crippen LogP contribution in [0.1, 0.15) is 5.69 Å². The first kappa shape index (κ1) is 34.4. The highest BCUT2D eigenvalue weighted by Crippen LogP contribution is 2.39. The molecular weight excluding hydrogens is 708 g/mol. The zero-order valence-electron chi connectivity index (χ0n) is 28.6. The number of benzene rings is 1. The van der Waals surface area contributed by atoms with Crippen LogP contribution < -0.4 is 15.5 Å². The smallest absolute Gasteiger partial charge is 0.328 e. The van der Waals surface area contributed by atoms with Crippen LogP contribution in [0.5, 0.6) is 5.88 Å². The van der Waals surface area contributed by atoms with Crippen molar-refractivity contribution in [1.29, 1.82) is 0 Å². The molecule has 0 saturated carbocycles. The van der Waals surface area contributed by atoms with Crippen LogP contribution in [0.15, 0.2) is 52.0 Å². The number of hydrogen-bond donors (Lipinski definition) is 2. The molecule has 6 rings (SSSR count). The van der Waals surface area contributed by atoms with Gasteiger partial charge < -0.3 is 24.4 Å². The zero-order valence-corrected chi connectivity index (χ0v) is 32.2. The third kappa shape index (κ3) is 7.54. The Balaban J connectivity index is 1.45. The lowest BCUT2D eigenvalue weighted by atomic mass is 10.1. The molecule has 48 heavy (non-hydrogen) atoms. The number of aromatic amines is 1. The molecule has 0 aliphatic carbocycles. The molecule has 0 unspecified atom stereocenters. The molecule has 5 aromatic rings. The minimum Gasteiger partial charge on any atom is -0.493 e. The van der Waals surface area contributed by atoms with Crippen molar-refractivity contribution in [2.45, 2.75) is 64.5 Å². The van der Waals surface area contributed by atoms with Gasteiger partial charge in [-0.1, -0.05) is 57.5 Å². The van der Waals surface area contributed by atoms with Gasteiger partial charge in [-0.3, -0.25) is 14.5 Å². The Hall–Kier alpha value is -3.51. The van der Waals surface area contributed by atoms with Gasteiger partial charge in [0.25, 0.3) is 0 Å². The van der Waals surface area contributed by atoms with Gasteiger partial charge in [-0.05, 0) is 40.2 Å². The number of para-hydroxylation sites is 1. The van der Waals surface area contributed by atoms with E-state index in [1.807, 2.05) is 41.2 Å². The number of aromatic hydroxyl groups is 1. The van der Waals surface area contributed by atoms with Crippen LogP contribution in [0.25, 0.3) is 27.7 Å². The predicted molar refractivity (Wildman–Crippen MR) is 200 cm³/mol. The van der Waals surface area contributed by atoms with Crippen LogP contribution in [0.2, 0.25) is 51.4 Å². The summed E-state index contributed by atoms with van der Waals surface area (Å²) in [6.07, 6.45) is 3.69. The SMILES string of the molecule is C[Si](C)(C)CCOCN(COCC[Si](C)(C)C)c1c(Br)c(N2CCn3c(c(O)[nH]c3=O)C2)nc2c(-c3cnc4ccccc4c3)cnn12. The minimum absolute atomic E-state index is 0.123. The second kappa shape index (κ2) is 13.8. The van der Waals surface area contributed by atoms with Crippen molar-refractivity contribution in [3.8, 4) is 17.0 Å². The Bertz CT molecular complexity index is 1960. The van der Waals surface area contributed by atoms with Crippen molar-refractivity contribution in [3.63, 3.8) is 0 Å².